The van der Waals surface area contributed by atoms with E-state index in [9.17, 15) is 32.3 Å². The summed E-state index contributed by atoms with van der Waals surface area (Å²) in [6, 6.07) is 7.99. The molecule has 1 atom stereocenters. The fourth-order valence-electron chi connectivity index (χ4n) is 7.43. The third-order valence-electron chi connectivity index (χ3n) is 10.3. The molecule has 5 amide bonds. The van der Waals surface area contributed by atoms with Gasteiger partial charge >= 0.3 is 12.2 Å². The topological polar surface area (TPSA) is 165 Å². The zero-order valence-corrected chi connectivity index (χ0v) is 31.9. The number of thiocarbonyl (C=S) groups is 1. The molecule has 55 heavy (non-hydrogen) atoms. The van der Waals surface area contributed by atoms with Gasteiger partial charge < -0.3 is 15.3 Å². The predicted octanol–water partition coefficient (Wildman–Crippen LogP) is 4.58. The Labute approximate surface area is 326 Å². The minimum Gasteiger partial charge on any atom is -0.395 e. The van der Waals surface area contributed by atoms with Crippen molar-refractivity contribution >= 4 is 58.3 Å². The molecule has 1 aliphatic carbocycles. The second-order valence-corrected chi connectivity index (χ2v) is 14.9. The maximum Gasteiger partial charge on any atom is 0.417 e. The van der Waals surface area contributed by atoms with Gasteiger partial charge in [-0.3, -0.25) is 39.3 Å². The highest BCUT2D eigenvalue weighted by atomic mass is 32.1. The number of urea groups is 1. The predicted molar refractivity (Wildman–Crippen MR) is 206 cm³/mol. The first-order valence-corrected chi connectivity index (χ1v) is 18.7. The van der Waals surface area contributed by atoms with Crippen molar-refractivity contribution in [2.75, 3.05) is 61.0 Å². The lowest BCUT2D eigenvalue weighted by molar-refractivity contribution is -0.137. The molecular formula is C37H50F3N9O5S. The van der Waals surface area contributed by atoms with E-state index >= 15 is 0 Å². The van der Waals surface area contributed by atoms with Crippen LogP contribution in [-0.4, -0.2) is 117 Å². The summed E-state index contributed by atoms with van der Waals surface area (Å²) in [7, 11) is 0. The van der Waals surface area contributed by atoms with Crippen molar-refractivity contribution < 1.29 is 40.3 Å². The van der Waals surface area contributed by atoms with E-state index in [-0.39, 0.29) is 69.6 Å². The number of anilines is 3. The Morgan fingerprint density at radius 1 is 1.13 bits per heavy atom. The Kier molecular flexibility index (Phi) is 13.1. The largest absolute Gasteiger partial charge is 0.417 e. The molecule has 3 N–H and O–H groups in total. The number of nitrogens with zero attached hydrogens (tertiary/aromatic N) is 7. The maximum absolute atomic E-state index is 13.3. The molecule has 6 rings (SSSR count). The zero-order valence-electron chi connectivity index (χ0n) is 31.1. The van der Waals surface area contributed by atoms with Gasteiger partial charge in [0.15, 0.2) is 5.11 Å². The highest BCUT2D eigenvalue weighted by Crippen LogP contribution is 2.40. The molecule has 4 aliphatic rings. The number of aromatic nitrogens is 1. The number of hydrogen-bond acceptors (Lipinski definition) is 10. The van der Waals surface area contributed by atoms with Crippen LogP contribution in [0.15, 0.2) is 36.5 Å². The van der Waals surface area contributed by atoms with Gasteiger partial charge in [0.2, 0.25) is 11.8 Å². The van der Waals surface area contributed by atoms with E-state index in [4.69, 9.17) is 22.6 Å². The summed E-state index contributed by atoms with van der Waals surface area (Å²) < 4.78 is 40.0. The molecule has 4 fully saturated rings. The van der Waals surface area contributed by atoms with Crippen LogP contribution in [0, 0.1) is 11.3 Å². The highest BCUT2D eigenvalue weighted by Gasteiger charge is 2.52. The van der Waals surface area contributed by atoms with Crippen LogP contribution in [-0.2, 0) is 20.6 Å². The van der Waals surface area contributed by atoms with Gasteiger partial charge in [-0.05, 0) is 76.2 Å². The van der Waals surface area contributed by atoms with Crippen molar-refractivity contribution in [3.05, 3.63) is 47.7 Å². The summed E-state index contributed by atoms with van der Waals surface area (Å²) in [5.41, 5.74) is -1.87. The van der Waals surface area contributed by atoms with E-state index in [1.54, 1.807) is 32.0 Å². The first-order valence-electron chi connectivity index (χ1n) is 18.3. The van der Waals surface area contributed by atoms with E-state index in [2.05, 4.69) is 32.3 Å². The molecule has 1 aromatic carbocycles. The van der Waals surface area contributed by atoms with Crippen molar-refractivity contribution in [2.45, 2.75) is 83.1 Å². The van der Waals surface area contributed by atoms with Gasteiger partial charge in [0.1, 0.15) is 11.4 Å². The first-order chi connectivity index (χ1) is 26.0. The number of β-amino-alcohol motifs (C(OH)–C–C–N with tert-alkyl or cyclic N) is 1. The number of benzene rings is 1. The van der Waals surface area contributed by atoms with Crippen molar-refractivity contribution in [3.63, 3.8) is 0 Å². The normalized spacial score (nSPS) is 21.2. The number of alkyl halides is 3. The third-order valence-corrected chi connectivity index (χ3v) is 10.7. The maximum atomic E-state index is 13.3. The zero-order chi connectivity index (χ0) is 40.1. The van der Waals surface area contributed by atoms with E-state index < -0.39 is 28.9 Å². The van der Waals surface area contributed by atoms with Gasteiger partial charge in [-0.1, -0.05) is 19.3 Å². The number of carbonyl (C=O) groups excluding carboxylic acids is 4. The van der Waals surface area contributed by atoms with Crippen LogP contribution in [0.5, 0.6) is 0 Å². The number of halogens is 3. The quantitative estimate of drug-likeness (QED) is 0.321. The lowest BCUT2D eigenvalue weighted by Crippen LogP contribution is -2.54. The van der Waals surface area contributed by atoms with Crippen LogP contribution in [0.4, 0.5) is 35.2 Å². The number of hydrogen-bond donors (Lipinski definition) is 3. The number of nitriles is 1. The third kappa shape index (κ3) is 9.58. The van der Waals surface area contributed by atoms with E-state index in [1.807, 2.05) is 4.90 Å². The second-order valence-electron chi connectivity index (χ2n) is 14.5. The Bertz CT molecular complexity index is 1830. The molecule has 1 aromatic heterocycles. The summed E-state index contributed by atoms with van der Waals surface area (Å²) >= 11 is 5.53. The lowest BCUT2D eigenvalue weighted by Gasteiger charge is -2.39. The standard InChI is InChI=1S/C19H20F3N3OS.C18H26N6O4.2H2/c1-18(2)16(26)24(17(27)25(18)13-6-4-3-5-7-13)14-9-8-12(11-23)15(10-14)19(20,21)22;1-13-11-22(8-9-25)6-7-23(13)12-17(27)20-14-2-3-15(19-10-14)24-5-4-16(26)21-18(24)28;;/h8-10,13H,3-7H2,1-2H3;2-3,10,13,25H,4-9,11-12H2,1H3,(H,20,27)(H,21,26,28);2*1H/t;13-;;/m.1../s1. The average Bonchev–Trinajstić information content (AvgIpc) is 3.32. The van der Waals surface area contributed by atoms with E-state index in [0.717, 1.165) is 63.9 Å². The van der Waals surface area contributed by atoms with Crippen LogP contribution in [0.25, 0.3) is 0 Å². The molecule has 3 aliphatic heterocycles. The van der Waals surface area contributed by atoms with Crippen LogP contribution in [0.2, 0.25) is 0 Å². The summed E-state index contributed by atoms with van der Waals surface area (Å²) in [6.45, 7) is 9.37. The monoisotopic (exact) mass is 789 g/mol. The smallest absolute Gasteiger partial charge is 0.395 e. The molecule has 14 nitrogen and oxygen atoms in total. The Morgan fingerprint density at radius 2 is 1.85 bits per heavy atom. The van der Waals surface area contributed by atoms with Gasteiger partial charge in [-0.2, -0.15) is 18.4 Å². The van der Waals surface area contributed by atoms with Crippen LogP contribution in [0.3, 0.4) is 0 Å². The molecule has 3 saturated heterocycles. The van der Waals surface area contributed by atoms with Crippen molar-refractivity contribution in [1.29, 1.82) is 5.26 Å². The molecule has 0 radical (unpaired) electrons. The molecule has 2 aromatic rings. The number of nitrogens with one attached hydrogen (secondary N) is 2. The first kappa shape index (κ1) is 41.5. The Hall–Kier alpha value is -4.70. The van der Waals surface area contributed by atoms with Gasteiger partial charge in [0.25, 0.3) is 5.91 Å². The molecule has 1 saturated carbocycles. The number of aliphatic hydroxyl groups is 1. The van der Waals surface area contributed by atoms with Crippen LogP contribution >= 0.6 is 12.2 Å². The molecule has 0 spiro atoms. The summed E-state index contributed by atoms with van der Waals surface area (Å²) in [5.74, 6) is -0.345. The fourth-order valence-corrected chi connectivity index (χ4v) is 8.00. The summed E-state index contributed by atoms with van der Waals surface area (Å²) in [4.78, 5) is 61.5. The van der Waals surface area contributed by atoms with E-state index in [0.29, 0.717) is 18.1 Å². The van der Waals surface area contributed by atoms with Crippen molar-refractivity contribution in [3.8, 4) is 6.07 Å². The SMILES string of the molecule is CC1(C)C(=O)N(c2ccc(C#N)c(C(F)(F)F)c2)C(=S)N1C1CCCCC1.C[C@@H]1CN(CCO)CCN1CC(=O)Nc1ccc(N2CCC(=O)NC2=O)nc1.[HH].[HH]. The van der Waals surface area contributed by atoms with E-state index in [1.165, 1.54) is 22.1 Å². The Balaban J connectivity index is 0.000000295. The fraction of sp³-hybridized carbons (Fsp3) is 0.541. The molecule has 18 heteroatoms. The molecule has 4 heterocycles. The van der Waals surface area contributed by atoms with Gasteiger partial charge in [-0.15, -0.1) is 0 Å². The van der Waals surface area contributed by atoms with Crippen LogP contribution in [0.1, 0.15) is 73.3 Å². The number of pyridine rings is 1. The number of amides is 5. The summed E-state index contributed by atoms with van der Waals surface area (Å²) in [6.07, 6.45) is 2.09. The number of aliphatic hydroxyl groups excluding tert-OH is 1. The minimum absolute atomic E-state index is 0. The number of imide groups is 1. The number of piperazine rings is 1. The minimum atomic E-state index is -4.69. The van der Waals surface area contributed by atoms with Gasteiger partial charge in [0, 0.05) is 54.1 Å². The molecule has 0 bridgehead atoms. The van der Waals surface area contributed by atoms with Crippen LogP contribution < -0.4 is 20.4 Å². The van der Waals surface area contributed by atoms with Crippen molar-refractivity contribution in [2.24, 2.45) is 0 Å². The lowest BCUT2D eigenvalue weighted by atomic mass is 9.91. The second kappa shape index (κ2) is 17.4. The molecule has 300 valence electrons. The van der Waals surface area contributed by atoms with Crippen molar-refractivity contribution in [1.82, 2.24) is 25.0 Å². The summed E-state index contributed by atoms with van der Waals surface area (Å²) in [5, 5.41) is 23.3. The molecule has 0 unspecified atom stereocenters. The number of carbonyl (C=O) groups is 4. The average molecular weight is 790 g/mol. The highest BCUT2D eigenvalue weighted by molar-refractivity contribution is 7.80. The van der Waals surface area contributed by atoms with Gasteiger partial charge in [0.05, 0.1) is 47.9 Å². The van der Waals surface area contributed by atoms with Gasteiger partial charge in [-0.25, -0.2) is 9.78 Å². The Morgan fingerprint density at radius 3 is 2.45 bits per heavy atom. The number of rotatable bonds is 8. The molecular weight excluding hydrogens is 740 g/mol.